The molecule has 0 heterocycles. The van der Waals surface area contributed by atoms with Gasteiger partial charge in [0.2, 0.25) is 0 Å². The predicted octanol–water partition coefficient (Wildman–Crippen LogP) is 2.41. The number of guanidine groups is 1. The molecule has 0 saturated heterocycles. The summed E-state index contributed by atoms with van der Waals surface area (Å²) in [6.45, 7) is 12.7. The molecule has 0 bridgehead atoms. The maximum absolute atomic E-state index is 11.3. The first kappa shape index (κ1) is 23.4. The normalized spacial score (nSPS) is 13.6. The van der Waals surface area contributed by atoms with Crippen LogP contribution in [0.4, 0.5) is 0 Å². The van der Waals surface area contributed by atoms with E-state index in [-0.39, 0.29) is 11.8 Å². The number of nitrogens with one attached hydrogen (secondary N) is 2. The van der Waals surface area contributed by atoms with Gasteiger partial charge < -0.3 is 10.6 Å². The summed E-state index contributed by atoms with van der Waals surface area (Å²) in [5.74, 6) is 0.890. The first-order chi connectivity index (χ1) is 12.8. The molecular formula is C20H36N4O2S. The van der Waals surface area contributed by atoms with Crippen molar-refractivity contribution >= 4 is 15.8 Å². The quantitative estimate of drug-likeness (QED) is 0.444. The summed E-state index contributed by atoms with van der Waals surface area (Å²) in [5, 5.41) is 6.52. The minimum Gasteiger partial charge on any atom is -0.357 e. The maximum Gasteiger partial charge on any atom is 0.191 e. The minimum atomic E-state index is -2.95. The topological polar surface area (TPSA) is 73.8 Å². The SMILES string of the molecule is CCNC(=NCc1cccc(CN(CC)CC)c1)NC(C)CCS(C)(=O)=O. The van der Waals surface area contributed by atoms with Crippen LogP contribution in [0.3, 0.4) is 0 Å². The fraction of sp³-hybridized carbons (Fsp3) is 0.650. The van der Waals surface area contributed by atoms with E-state index < -0.39 is 9.84 Å². The monoisotopic (exact) mass is 396 g/mol. The molecule has 1 rings (SSSR count). The molecule has 7 heteroatoms. The summed E-state index contributed by atoms with van der Waals surface area (Å²) in [4.78, 5) is 7.05. The van der Waals surface area contributed by atoms with E-state index in [0.717, 1.165) is 26.2 Å². The van der Waals surface area contributed by atoms with E-state index in [1.807, 2.05) is 13.8 Å². The van der Waals surface area contributed by atoms with Gasteiger partial charge in [-0.2, -0.15) is 0 Å². The Kier molecular flexibility index (Phi) is 10.4. The molecule has 0 aliphatic carbocycles. The molecule has 1 aromatic rings. The van der Waals surface area contributed by atoms with E-state index in [0.29, 0.717) is 18.9 Å². The van der Waals surface area contributed by atoms with Gasteiger partial charge in [0.15, 0.2) is 5.96 Å². The molecule has 6 nitrogen and oxygen atoms in total. The van der Waals surface area contributed by atoms with Gasteiger partial charge >= 0.3 is 0 Å². The minimum absolute atomic E-state index is 0.0338. The first-order valence-corrected chi connectivity index (χ1v) is 11.9. The number of aliphatic imine (C=N–C) groups is 1. The molecule has 0 aliphatic heterocycles. The number of nitrogens with zero attached hydrogens (tertiary/aromatic N) is 2. The Morgan fingerprint density at radius 1 is 1.19 bits per heavy atom. The van der Waals surface area contributed by atoms with Gasteiger partial charge in [-0.1, -0.05) is 38.1 Å². The van der Waals surface area contributed by atoms with Crippen molar-refractivity contribution < 1.29 is 8.42 Å². The largest absolute Gasteiger partial charge is 0.357 e. The zero-order chi connectivity index (χ0) is 20.3. The predicted molar refractivity (Wildman–Crippen MR) is 115 cm³/mol. The highest BCUT2D eigenvalue weighted by Gasteiger charge is 2.09. The van der Waals surface area contributed by atoms with Gasteiger partial charge in [0.05, 0.1) is 12.3 Å². The molecule has 0 aromatic heterocycles. The van der Waals surface area contributed by atoms with Crippen molar-refractivity contribution in [3.05, 3.63) is 35.4 Å². The van der Waals surface area contributed by atoms with Gasteiger partial charge in [-0.25, -0.2) is 13.4 Å². The Morgan fingerprint density at radius 3 is 2.44 bits per heavy atom. The molecule has 0 aliphatic rings. The fourth-order valence-corrected chi connectivity index (χ4v) is 3.50. The number of rotatable bonds is 11. The molecule has 0 fully saturated rings. The smallest absolute Gasteiger partial charge is 0.191 e. The zero-order valence-corrected chi connectivity index (χ0v) is 18.3. The van der Waals surface area contributed by atoms with E-state index in [4.69, 9.17) is 0 Å². The van der Waals surface area contributed by atoms with Gasteiger partial charge in [0.25, 0.3) is 0 Å². The third-order valence-corrected chi connectivity index (χ3v) is 5.34. The van der Waals surface area contributed by atoms with Crippen LogP contribution in [0.1, 0.15) is 45.2 Å². The molecule has 2 N–H and O–H groups in total. The second-order valence-corrected chi connectivity index (χ2v) is 9.20. The molecule has 1 atom stereocenters. The van der Waals surface area contributed by atoms with E-state index >= 15 is 0 Å². The van der Waals surface area contributed by atoms with Crippen LogP contribution in [0.5, 0.6) is 0 Å². The van der Waals surface area contributed by atoms with Gasteiger partial charge in [-0.05, 0) is 44.5 Å². The van der Waals surface area contributed by atoms with Crippen LogP contribution in [0.15, 0.2) is 29.3 Å². The maximum atomic E-state index is 11.3. The molecule has 27 heavy (non-hydrogen) atoms. The third-order valence-electron chi connectivity index (χ3n) is 4.36. The number of hydrogen-bond acceptors (Lipinski definition) is 4. The molecular weight excluding hydrogens is 360 g/mol. The zero-order valence-electron chi connectivity index (χ0n) is 17.5. The second kappa shape index (κ2) is 12.0. The van der Waals surface area contributed by atoms with Gasteiger partial charge in [-0.15, -0.1) is 0 Å². The van der Waals surface area contributed by atoms with Crippen molar-refractivity contribution in [2.75, 3.05) is 31.6 Å². The molecule has 0 amide bonds. The van der Waals surface area contributed by atoms with E-state index in [1.54, 1.807) is 0 Å². The van der Waals surface area contributed by atoms with Crippen LogP contribution < -0.4 is 10.6 Å². The summed E-state index contributed by atoms with van der Waals surface area (Å²) < 4.78 is 22.7. The van der Waals surface area contributed by atoms with Gasteiger partial charge in [0.1, 0.15) is 9.84 Å². The molecule has 1 unspecified atom stereocenters. The van der Waals surface area contributed by atoms with Crippen LogP contribution in [0.2, 0.25) is 0 Å². The lowest BCUT2D eigenvalue weighted by atomic mass is 10.1. The van der Waals surface area contributed by atoms with Crippen molar-refractivity contribution in [2.45, 2.75) is 53.2 Å². The van der Waals surface area contributed by atoms with E-state index in [1.165, 1.54) is 17.4 Å². The Hall–Kier alpha value is -1.60. The first-order valence-electron chi connectivity index (χ1n) is 9.80. The standard InChI is InChI=1S/C20H36N4O2S/c1-6-21-20(23-17(4)12-13-27(5,25)26)22-15-18-10-9-11-19(14-18)16-24(7-2)8-3/h9-11,14,17H,6-8,12-13,15-16H2,1-5H3,(H2,21,22,23). The Balaban J connectivity index is 2.71. The second-order valence-electron chi connectivity index (χ2n) is 6.94. The van der Waals surface area contributed by atoms with Crippen molar-refractivity contribution in [2.24, 2.45) is 4.99 Å². The average Bonchev–Trinajstić information content (AvgIpc) is 2.62. The number of benzene rings is 1. The summed E-state index contributed by atoms with van der Waals surface area (Å²) in [5.41, 5.74) is 2.46. The van der Waals surface area contributed by atoms with Crippen molar-refractivity contribution in [3.63, 3.8) is 0 Å². The van der Waals surface area contributed by atoms with E-state index in [9.17, 15) is 8.42 Å². The Morgan fingerprint density at radius 2 is 1.85 bits per heavy atom. The summed E-state index contributed by atoms with van der Waals surface area (Å²) in [6, 6.07) is 8.57. The van der Waals surface area contributed by atoms with Crippen LogP contribution in [0, 0.1) is 0 Å². The molecule has 154 valence electrons. The van der Waals surface area contributed by atoms with Crippen molar-refractivity contribution in [1.82, 2.24) is 15.5 Å². The average molecular weight is 397 g/mol. The van der Waals surface area contributed by atoms with E-state index in [2.05, 4.69) is 58.6 Å². The molecule has 1 aromatic carbocycles. The summed E-state index contributed by atoms with van der Waals surface area (Å²) in [7, 11) is -2.95. The number of sulfone groups is 1. The Bertz CT molecular complexity index is 685. The summed E-state index contributed by atoms with van der Waals surface area (Å²) >= 11 is 0. The highest BCUT2D eigenvalue weighted by molar-refractivity contribution is 7.90. The van der Waals surface area contributed by atoms with Crippen molar-refractivity contribution in [3.8, 4) is 0 Å². The molecule has 0 saturated carbocycles. The third kappa shape index (κ3) is 10.3. The highest BCUT2D eigenvalue weighted by atomic mass is 32.2. The number of hydrogen-bond donors (Lipinski definition) is 2. The fourth-order valence-electron chi connectivity index (χ4n) is 2.72. The molecule has 0 radical (unpaired) electrons. The summed E-state index contributed by atoms with van der Waals surface area (Å²) in [6.07, 6.45) is 1.83. The lowest BCUT2D eigenvalue weighted by molar-refractivity contribution is 0.296. The van der Waals surface area contributed by atoms with Gasteiger partial charge in [-0.3, -0.25) is 4.90 Å². The van der Waals surface area contributed by atoms with Gasteiger partial charge in [0, 0.05) is 25.4 Å². The van der Waals surface area contributed by atoms with Crippen LogP contribution in [-0.4, -0.2) is 57.0 Å². The van der Waals surface area contributed by atoms with Crippen molar-refractivity contribution in [1.29, 1.82) is 0 Å². The Labute approximate surface area is 165 Å². The van der Waals surface area contributed by atoms with Crippen LogP contribution in [0.25, 0.3) is 0 Å². The van der Waals surface area contributed by atoms with Crippen LogP contribution in [-0.2, 0) is 22.9 Å². The lowest BCUT2D eigenvalue weighted by Gasteiger charge is -2.19. The van der Waals surface area contributed by atoms with Crippen LogP contribution >= 0.6 is 0 Å². The molecule has 0 spiro atoms. The highest BCUT2D eigenvalue weighted by Crippen LogP contribution is 2.09. The lowest BCUT2D eigenvalue weighted by Crippen LogP contribution is -2.42.